The fourth-order valence-electron chi connectivity index (χ4n) is 2.69. The monoisotopic (exact) mass is 397 g/mol. The molecule has 0 N–H and O–H groups in total. The van der Waals surface area contributed by atoms with E-state index < -0.39 is 22.5 Å². The van der Waals surface area contributed by atoms with Crippen molar-refractivity contribution < 1.29 is 32.0 Å². The molecule has 3 heterocycles. The van der Waals surface area contributed by atoms with Gasteiger partial charge in [0.25, 0.3) is 0 Å². The van der Waals surface area contributed by atoms with Gasteiger partial charge in [-0.2, -0.15) is 18.3 Å². The summed E-state index contributed by atoms with van der Waals surface area (Å²) in [6.07, 6.45) is -4.97. The van der Waals surface area contributed by atoms with Gasteiger partial charge in [-0.25, -0.2) is 0 Å². The van der Waals surface area contributed by atoms with Crippen LogP contribution in [0.4, 0.5) is 18.9 Å². The van der Waals surface area contributed by atoms with Crippen LogP contribution >= 0.6 is 0 Å². The summed E-state index contributed by atoms with van der Waals surface area (Å²) in [5.74, 6) is 1.08. The predicted molar refractivity (Wildman–Crippen MR) is 83.6 cm³/mol. The Labute approximate surface area is 153 Å². The molecule has 0 fully saturated rings. The summed E-state index contributed by atoms with van der Waals surface area (Å²) in [5, 5.41) is 21.9. The number of aromatic nitrogens is 4. The number of alkyl halides is 3. The van der Waals surface area contributed by atoms with E-state index >= 15 is 0 Å². The van der Waals surface area contributed by atoms with E-state index in [4.69, 9.17) is 13.9 Å². The van der Waals surface area contributed by atoms with Gasteiger partial charge in [-0.3, -0.25) is 14.8 Å². The number of fused-ring (bicyclic) bond motifs is 1. The number of nitro groups is 1. The molecule has 0 aliphatic carbocycles. The number of hydrogen-bond acceptors (Lipinski definition) is 8. The molecule has 0 saturated heterocycles. The van der Waals surface area contributed by atoms with E-state index in [0.717, 1.165) is 11.6 Å². The second kappa shape index (κ2) is 6.21. The van der Waals surface area contributed by atoms with Crippen LogP contribution in [0.15, 0.2) is 22.6 Å². The van der Waals surface area contributed by atoms with Gasteiger partial charge in [-0.05, 0) is 25.1 Å². The molecule has 3 aromatic rings. The van der Waals surface area contributed by atoms with E-state index in [1.54, 1.807) is 18.2 Å². The lowest BCUT2D eigenvalue weighted by Crippen LogP contribution is -2.10. The Morgan fingerprint density at radius 1 is 1.25 bits per heavy atom. The van der Waals surface area contributed by atoms with Crippen molar-refractivity contribution in [3.63, 3.8) is 0 Å². The summed E-state index contributed by atoms with van der Waals surface area (Å²) in [5.41, 5.74) is -2.45. The summed E-state index contributed by atoms with van der Waals surface area (Å²) < 4.78 is 55.8. The van der Waals surface area contributed by atoms with E-state index in [2.05, 4.69) is 15.3 Å². The molecule has 0 bridgehead atoms. The third-order valence-electron chi connectivity index (χ3n) is 4.00. The van der Waals surface area contributed by atoms with Crippen molar-refractivity contribution in [1.82, 2.24) is 20.0 Å². The number of benzene rings is 1. The van der Waals surface area contributed by atoms with Crippen LogP contribution in [0.2, 0.25) is 0 Å². The number of nitrogens with zero attached hydrogens (tertiary/aromatic N) is 5. The molecule has 13 heteroatoms. The third kappa shape index (κ3) is 3.00. The number of hydrogen-bond donors (Lipinski definition) is 0. The molecule has 2 aromatic heterocycles. The van der Waals surface area contributed by atoms with Gasteiger partial charge in [-0.1, -0.05) is 0 Å². The maximum absolute atomic E-state index is 13.0. The van der Waals surface area contributed by atoms with Gasteiger partial charge in [0.1, 0.15) is 12.2 Å². The van der Waals surface area contributed by atoms with Crippen LogP contribution in [0, 0.1) is 17.0 Å². The average Bonchev–Trinajstić information content (AvgIpc) is 3.33. The van der Waals surface area contributed by atoms with Crippen molar-refractivity contribution in [1.29, 1.82) is 0 Å². The minimum atomic E-state index is -4.97. The molecular weight excluding hydrogens is 387 g/mol. The first-order valence-corrected chi connectivity index (χ1v) is 7.75. The molecule has 4 rings (SSSR count). The highest BCUT2D eigenvalue weighted by atomic mass is 19.4. The van der Waals surface area contributed by atoms with Gasteiger partial charge in [0.2, 0.25) is 24.3 Å². The van der Waals surface area contributed by atoms with E-state index in [9.17, 15) is 23.3 Å². The van der Waals surface area contributed by atoms with Gasteiger partial charge in [0.05, 0.1) is 4.92 Å². The van der Waals surface area contributed by atoms with Crippen LogP contribution < -0.4 is 9.47 Å². The first-order chi connectivity index (χ1) is 13.2. The van der Waals surface area contributed by atoms with Gasteiger partial charge in [0.15, 0.2) is 11.5 Å². The van der Waals surface area contributed by atoms with Gasteiger partial charge in [0, 0.05) is 5.56 Å². The van der Waals surface area contributed by atoms with Crippen LogP contribution in [-0.2, 0) is 12.7 Å². The largest absolute Gasteiger partial charge is 0.454 e. The lowest BCUT2D eigenvalue weighted by Gasteiger charge is -2.00. The zero-order valence-electron chi connectivity index (χ0n) is 14.1. The molecule has 28 heavy (non-hydrogen) atoms. The molecule has 0 atom stereocenters. The molecule has 0 saturated carbocycles. The summed E-state index contributed by atoms with van der Waals surface area (Å²) >= 11 is 0. The van der Waals surface area contributed by atoms with Gasteiger partial charge >= 0.3 is 11.9 Å². The van der Waals surface area contributed by atoms with Crippen molar-refractivity contribution in [2.24, 2.45) is 0 Å². The van der Waals surface area contributed by atoms with Crippen molar-refractivity contribution in [2.75, 3.05) is 6.79 Å². The smallest absolute Gasteiger partial charge is 0.442 e. The fourth-order valence-corrected chi connectivity index (χ4v) is 2.69. The normalized spacial score (nSPS) is 13.1. The Morgan fingerprint density at radius 3 is 2.68 bits per heavy atom. The molecule has 0 amide bonds. The van der Waals surface area contributed by atoms with E-state index in [1.165, 1.54) is 0 Å². The van der Waals surface area contributed by atoms with Crippen LogP contribution in [0.25, 0.3) is 11.5 Å². The highest BCUT2D eigenvalue weighted by Crippen LogP contribution is 2.38. The Kier molecular flexibility index (Phi) is 3.94. The second-order valence-corrected chi connectivity index (χ2v) is 5.76. The van der Waals surface area contributed by atoms with Crippen molar-refractivity contribution in [3.8, 4) is 23.0 Å². The predicted octanol–water partition coefficient (Wildman–Crippen LogP) is 2.95. The van der Waals surface area contributed by atoms with Crippen LogP contribution in [0.3, 0.4) is 0 Å². The Balaban J connectivity index is 1.63. The van der Waals surface area contributed by atoms with Crippen molar-refractivity contribution >= 4 is 5.69 Å². The number of ether oxygens (including phenoxy) is 2. The Hall–Kier alpha value is -3.64. The molecule has 0 unspecified atom stereocenters. The Bertz CT molecular complexity index is 1070. The SMILES string of the molecule is Cc1c([N+](=O)[O-])c(C(F)(F)F)nn1Cc1nnc(-c2ccc3c(c2)OCO3)o1. The van der Waals surface area contributed by atoms with E-state index in [1.807, 2.05) is 0 Å². The molecule has 1 aromatic carbocycles. The molecule has 1 aliphatic rings. The van der Waals surface area contributed by atoms with Gasteiger partial charge < -0.3 is 13.9 Å². The summed E-state index contributed by atoms with van der Waals surface area (Å²) in [4.78, 5) is 9.90. The minimum Gasteiger partial charge on any atom is -0.454 e. The molecule has 0 spiro atoms. The zero-order chi connectivity index (χ0) is 20.1. The number of halogens is 3. The third-order valence-corrected chi connectivity index (χ3v) is 4.00. The first kappa shape index (κ1) is 17.8. The number of rotatable bonds is 4. The van der Waals surface area contributed by atoms with Crippen molar-refractivity contribution in [2.45, 2.75) is 19.6 Å². The van der Waals surface area contributed by atoms with Crippen molar-refractivity contribution in [3.05, 3.63) is 45.6 Å². The average molecular weight is 397 g/mol. The topological polar surface area (TPSA) is 118 Å². The summed E-state index contributed by atoms with van der Waals surface area (Å²) in [6.45, 7) is 0.891. The first-order valence-electron chi connectivity index (χ1n) is 7.75. The van der Waals surface area contributed by atoms with Crippen LogP contribution in [0.5, 0.6) is 11.5 Å². The highest BCUT2D eigenvalue weighted by molar-refractivity contribution is 5.60. The molecule has 0 radical (unpaired) electrons. The lowest BCUT2D eigenvalue weighted by molar-refractivity contribution is -0.388. The van der Waals surface area contributed by atoms with Gasteiger partial charge in [-0.15, -0.1) is 10.2 Å². The fraction of sp³-hybridized carbons (Fsp3) is 0.267. The standard InChI is InChI=1S/C15H10F3N5O5/c1-7-12(23(24)25)13(15(16,17)18)21-22(7)5-11-19-20-14(28-11)8-2-3-9-10(4-8)27-6-26-9/h2-4H,5-6H2,1H3. The maximum atomic E-state index is 13.0. The zero-order valence-corrected chi connectivity index (χ0v) is 14.1. The summed E-state index contributed by atoms with van der Waals surface area (Å²) in [6, 6.07) is 4.92. The molecule has 1 aliphatic heterocycles. The maximum Gasteiger partial charge on any atom is 0.442 e. The van der Waals surface area contributed by atoms with Crippen LogP contribution in [-0.4, -0.2) is 31.7 Å². The highest BCUT2D eigenvalue weighted by Gasteiger charge is 2.44. The van der Waals surface area contributed by atoms with Crippen LogP contribution in [0.1, 0.15) is 17.3 Å². The van der Waals surface area contributed by atoms with E-state index in [-0.39, 0.29) is 30.8 Å². The second-order valence-electron chi connectivity index (χ2n) is 5.76. The molecular formula is C15H10F3N5O5. The molecule has 146 valence electrons. The van der Waals surface area contributed by atoms with E-state index in [0.29, 0.717) is 17.1 Å². The Morgan fingerprint density at radius 2 is 2.00 bits per heavy atom. The lowest BCUT2D eigenvalue weighted by atomic mass is 10.2. The minimum absolute atomic E-state index is 0.0677. The molecule has 10 nitrogen and oxygen atoms in total. The quantitative estimate of drug-likeness (QED) is 0.487. The summed E-state index contributed by atoms with van der Waals surface area (Å²) in [7, 11) is 0.